The van der Waals surface area contributed by atoms with Gasteiger partial charge in [0.2, 0.25) is 0 Å². The van der Waals surface area contributed by atoms with Crippen molar-refractivity contribution in [1.29, 1.82) is 0 Å². The van der Waals surface area contributed by atoms with E-state index in [2.05, 4.69) is 0 Å². The molecule has 0 aromatic carbocycles. The van der Waals surface area contributed by atoms with Gasteiger partial charge in [0.25, 0.3) is 0 Å². The van der Waals surface area contributed by atoms with E-state index in [0.717, 1.165) is 0 Å². The van der Waals surface area contributed by atoms with Gasteiger partial charge in [-0.3, -0.25) is 0 Å². The van der Waals surface area contributed by atoms with Crippen molar-refractivity contribution in [1.82, 2.24) is 4.90 Å². The van der Waals surface area contributed by atoms with Crippen molar-refractivity contribution in [3.8, 4) is 0 Å². The first kappa shape index (κ1) is 11.9. The van der Waals surface area contributed by atoms with Crippen molar-refractivity contribution in [2.24, 2.45) is 0 Å². The standard InChI is InChI=1S/C5H11NO2.Zr/c1-3-6(4-2)5(7)8;/h3-4H2,1-2H3,(H,7,8);. The molecule has 0 saturated heterocycles. The van der Waals surface area contributed by atoms with E-state index in [-0.39, 0.29) is 26.2 Å². The van der Waals surface area contributed by atoms with Crippen LogP contribution in [0.5, 0.6) is 0 Å². The summed E-state index contributed by atoms with van der Waals surface area (Å²) in [6.45, 7) is 4.78. The van der Waals surface area contributed by atoms with Gasteiger partial charge in [-0.15, -0.1) is 0 Å². The van der Waals surface area contributed by atoms with Crippen molar-refractivity contribution in [2.75, 3.05) is 13.1 Å². The SMILES string of the molecule is CCN(CC)C(=O)O.[Zr]. The largest absolute Gasteiger partial charge is 0.465 e. The number of carboxylic acid groups (broad SMARTS) is 1. The van der Waals surface area contributed by atoms with Crippen molar-refractivity contribution in [3.63, 3.8) is 0 Å². The van der Waals surface area contributed by atoms with E-state index < -0.39 is 6.09 Å². The molecule has 0 spiro atoms. The number of nitrogens with zero attached hydrogens (tertiary/aromatic N) is 1. The van der Waals surface area contributed by atoms with E-state index >= 15 is 0 Å². The molecule has 1 amide bonds. The predicted molar refractivity (Wildman–Crippen MR) is 30.9 cm³/mol. The van der Waals surface area contributed by atoms with Crippen LogP contribution in [0.4, 0.5) is 4.79 Å². The number of hydrogen-bond donors (Lipinski definition) is 1. The minimum absolute atomic E-state index is 0. The summed E-state index contributed by atoms with van der Waals surface area (Å²) in [5, 5.41) is 8.30. The number of amides is 1. The van der Waals surface area contributed by atoms with E-state index in [1.54, 1.807) is 0 Å². The molecule has 0 fully saturated rings. The Labute approximate surface area is 74.2 Å². The molecule has 9 heavy (non-hydrogen) atoms. The van der Waals surface area contributed by atoms with E-state index in [0.29, 0.717) is 13.1 Å². The van der Waals surface area contributed by atoms with Gasteiger partial charge in [0.05, 0.1) is 0 Å². The van der Waals surface area contributed by atoms with Gasteiger partial charge in [-0.2, -0.15) is 0 Å². The zero-order chi connectivity index (χ0) is 6.57. The molecule has 0 bridgehead atoms. The third-order valence-electron chi connectivity index (χ3n) is 1.03. The van der Waals surface area contributed by atoms with Gasteiger partial charge >= 0.3 is 6.09 Å². The maximum Gasteiger partial charge on any atom is 0.407 e. The van der Waals surface area contributed by atoms with Gasteiger partial charge in [0.15, 0.2) is 0 Å². The Morgan fingerprint density at radius 1 is 1.44 bits per heavy atom. The predicted octanol–water partition coefficient (Wildman–Crippen LogP) is 1.00. The molecule has 1 N–H and O–H groups in total. The van der Waals surface area contributed by atoms with Gasteiger partial charge in [0, 0.05) is 39.3 Å². The summed E-state index contributed by atoms with van der Waals surface area (Å²) in [4.78, 5) is 11.4. The van der Waals surface area contributed by atoms with Crippen molar-refractivity contribution >= 4 is 6.09 Å². The van der Waals surface area contributed by atoms with E-state index in [1.807, 2.05) is 13.8 Å². The Bertz CT molecular complexity index is 83.0. The monoisotopic (exact) mass is 207 g/mol. The Morgan fingerprint density at radius 3 is 1.78 bits per heavy atom. The zero-order valence-corrected chi connectivity index (χ0v) is 8.17. The van der Waals surface area contributed by atoms with Crippen molar-refractivity contribution in [2.45, 2.75) is 13.8 Å². The zero-order valence-electron chi connectivity index (χ0n) is 5.72. The smallest absolute Gasteiger partial charge is 0.407 e. The first-order chi connectivity index (χ1) is 3.72. The van der Waals surface area contributed by atoms with E-state index in [9.17, 15) is 4.79 Å². The van der Waals surface area contributed by atoms with Crippen LogP contribution in [0.25, 0.3) is 0 Å². The fourth-order valence-electron chi connectivity index (χ4n) is 0.494. The Kier molecular flexibility index (Phi) is 8.29. The van der Waals surface area contributed by atoms with Crippen LogP contribution in [0.15, 0.2) is 0 Å². The van der Waals surface area contributed by atoms with Crippen LogP contribution in [-0.4, -0.2) is 29.2 Å². The first-order valence-electron chi connectivity index (χ1n) is 2.70. The van der Waals surface area contributed by atoms with Gasteiger partial charge in [-0.25, -0.2) is 4.79 Å². The van der Waals surface area contributed by atoms with Gasteiger partial charge in [0.1, 0.15) is 0 Å². The molecule has 0 saturated carbocycles. The third-order valence-corrected chi connectivity index (χ3v) is 1.03. The summed E-state index contributed by atoms with van der Waals surface area (Å²) in [6.07, 6.45) is -0.838. The Hall–Kier alpha value is 0.153. The summed E-state index contributed by atoms with van der Waals surface area (Å²) < 4.78 is 0. The van der Waals surface area contributed by atoms with Crippen LogP contribution in [0.3, 0.4) is 0 Å². The second-order valence-corrected chi connectivity index (χ2v) is 1.45. The average molecular weight is 208 g/mol. The molecule has 0 rings (SSSR count). The Morgan fingerprint density at radius 2 is 1.78 bits per heavy atom. The van der Waals surface area contributed by atoms with Crippen molar-refractivity contribution in [3.05, 3.63) is 0 Å². The summed E-state index contributed by atoms with van der Waals surface area (Å²) in [6, 6.07) is 0. The van der Waals surface area contributed by atoms with Gasteiger partial charge in [-0.1, -0.05) is 0 Å². The molecule has 0 unspecified atom stereocenters. The Balaban J connectivity index is 0. The summed E-state index contributed by atoms with van der Waals surface area (Å²) in [5.74, 6) is 0. The maximum atomic E-state index is 10.1. The van der Waals surface area contributed by atoms with Crippen LogP contribution in [0.1, 0.15) is 13.8 Å². The minimum atomic E-state index is -0.838. The average Bonchev–Trinajstić information content (AvgIpc) is 1.69. The molecule has 52 valence electrons. The molecule has 0 radical (unpaired) electrons. The quantitative estimate of drug-likeness (QED) is 0.735. The molecule has 0 heterocycles. The molecular formula is C5H11NO2Zr. The molecule has 0 aliphatic rings. The maximum absolute atomic E-state index is 10.1. The molecule has 0 aliphatic heterocycles. The number of rotatable bonds is 2. The first-order valence-corrected chi connectivity index (χ1v) is 2.70. The van der Waals surface area contributed by atoms with E-state index in [1.165, 1.54) is 4.90 Å². The molecule has 0 aromatic rings. The second kappa shape index (κ2) is 6.28. The molecule has 4 heteroatoms. The fourth-order valence-corrected chi connectivity index (χ4v) is 0.494. The van der Waals surface area contributed by atoms with Gasteiger partial charge < -0.3 is 10.0 Å². The van der Waals surface area contributed by atoms with Crippen LogP contribution < -0.4 is 0 Å². The number of carbonyl (C=O) groups is 1. The van der Waals surface area contributed by atoms with Crippen molar-refractivity contribution < 1.29 is 36.1 Å². The van der Waals surface area contributed by atoms with Crippen LogP contribution in [-0.2, 0) is 26.2 Å². The molecular weight excluding hydrogens is 197 g/mol. The number of hydrogen-bond acceptors (Lipinski definition) is 1. The van der Waals surface area contributed by atoms with Crippen LogP contribution >= 0.6 is 0 Å². The molecule has 3 nitrogen and oxygen atoms in total. The molecule has 0 aliphatic carbocycles. The van der Waals surface area contributed by atoms with Crippen LogP contribution in [0.2, 0.25) is 0 Å². The summed E-state index contributed by atoms with van der Waals surface area (Å²) in [7, 11) is 0. The second-order valence-electron chi connectivity index (χ2n) is 1.45. The summed E-state index contributed by atoms with van der Waals surface area (Å²) in [5.41, 5.74) is 0. The fraction of sp³-hybridized carbons (Fsp3) is 0.800. The normalized spacial score (nSPS) is 7.78. The van der Waals surface area contributed by atoms with E-state index in [4.69, 9.17) is 5.11 Å². The topological polar surface area (TPSA) is 40.5 Å². The third kappa shape index (κ3) is 4.64. The molecule has 0 aromatic heterocycles. The molecule has 0 atom stereocenters. The van der Waals surface area contributed by atoms with Crippen LogP contribution in [0, 0.1) is 0 Å². The summed E-state index contributed by atoms with van der Waals surface area (Å²) >= 11 is 0. The minimum Gasteiger partial charge on any atom is -0.465 e. The van der Waals surface area contributed by atoms with Gasteiger partial charge in [-0.05, 0) is 13.8 Å².